The van der Waals surface area contributed by atoms with Gasteiger partial charge >= 0.3 is 0 Å². The summed E-state index contributed by atoms with van der Waals surface area (Å²) in [7, 11) is 0. The van der Waals surface area contributed by atoms with E-state index in [4.69, 9.17) is 18.9 Å². The van der Waals surface area contributed by atoms with Gasteiger partial charge in [-0.2, -0.15) is 0 Å². The lowest BCUT2D eigenvalue weighted by Gasteiger charge is -2.49. The van der Waals surface area contributed by atoms with Crippen molar-refractivity contribution >= 4 is 5.91 Å². The Hall–Kier alpha value is -1.67. The topological polar surface area (TPSA) is 86.3 Å². The van der Waals surface area contributed by atoms with Crippen molar-refractivity contribution in [1.29, 1.82) is 0 Å². The van der Waals surface area contributed by atoms with E-state index in [9.17, 15) is 9.90 Å². The third kappa shape index (κ3) is 4.12. The molecule has 0 aliphatic carbocycles. The van der Waals surface area contributed by atoms with Gasteiger partial charge in [0.05, 0.1) is 6.61 Å². The first kappa shape index (κ1) is 18.1. The maximum atomic E-state index is 11.6. The Morgan fingerprint density at radius 3 is 2.84 bits per heavy atom. The summed E-state index contributed by atoms with van der Waals surface area (Å²) in [6.45, 7) is 7.17. The van der Waals surface area contributed by atoms with Crippen LogP contribution in [0.15, 0.2) is 24.3 Å². The molecular formula is C18H25NO6. The molecule has 138 valence electrons. The lowest BCUT2D eigenvalue weighted by atomic mass is 9.95. The molecule has 0 radical (unpaired) electrons. The van der Waals surface area contributed by atoms with Crippen LogP contribution in [0.1, 0.15) is 26.3 Å². The molecule has 2 saturated heterocycles. The van der Waals surface area contributed by atoms with Gasteiger partial charge in [0.1, 0.15) is 30.1 Å². The van der Waals surface area contributed by atoms with Crippen molar-refractivity contribution in [2.24, 2.45) is 0 Å². The molecule has 1 aromatic rings. The van der Waals surface area contributed by atoms with Crippen LogP contribution in [-0.4, -0.2) is 54.1 Å². The Morgan fingerprint density at radius 2 is 2.16 bits per heavy atom. The number of hydrogen-bond donors (Lipinski definition) is 2. The highest BCUT2D eigenvalue weighted by molar-refractivity contribution is 5.73. The second kappa shape index (κ2) is 6.92. The zero-order chi connectivity index (χ0) is 18.2. The average Bonchev–Trinajstić information content (AvgIpc) is 2.51. The molecule has 7 nitrogen and oxygen atoms in total. The van der Waals surface area contributed by atoms with Crippen molar-refractivity contribution in [2.75, 3.05) is 6.61 Å². The molecule has 0 unspecified atom stereocenters. The molecule has 0 bridgehead atoms. The minimum Gasteiger partial charge on any atom is -0.463 e. The molecule has 1 aromatic carbocycles. The van der Waals surface area contributed by atoms with Gasteiger partial charge in [0.15, 0.2) is 5.79 Å². The molecule has 1 amide bonds. The fourth-order valence-corrected chi connectivity index (χ4v) is 3.16. The Morgan fingerprint density at radius 1 is 1.40 bits per heavy atom. The van der Waals surface area contributed by atoms with E-state index in [-0.39, 0.29) is 12.5 Å². The largest absolute Gasteiger partial charge is 0.463 e. The predicted octanol–water partition coefficient (Wildman–Crippen LogP) is 1.12. The molecule has 0 aromatic heterocycles. The van der Waals surface area contributed by atoms with Gasteiger partial charge in [-0.3, -0.25) is 4.79 Å². The summed E-state index contributed by atoms with van der Waals surface area (Å²) in [4.78, 5) is 11.6. The molecular weight excluding hydrogens is 326 g/mol. The quantitative estimate of drug-likeness (QED) is 0.849. The zero-order valence-electron chi connectivity index (χ0n) is 14.9. The van der Waals surface area contributed by atoms with Gasteiger partial charge in [-0.15, -0.1) is 0 Å². The van der Waals surface area contributed by atoms with Crippen LogP contribution in [0.3, 0.4) is 0 Å². The fourth-order valence-electron chi connectivity index (χ4n) is 3.16. The molecule has 25 heavy (non-hydrogen) atoms. The Bertz CT molecular complexity index is 634. The van der Waals surface area contributed by atoms with E-state index >= 15 is 0 Å². The van der Waals surface area contributed by atoms with Gasteiger partial charge in [0.2, 0.25) is 12.2 Å². The second-order valence-electron chi connectivity index (χ2n) is 6.99. The minimum atomic E-state index is -0.986. The Balaban J connectivity index is 1.82. The molecule has 3 rings (SSSR count). The van der Waals surface area contributed by atoms with Crippen LogP contribution in [0.2, 0.25) is 0 Å². The number of aliphatic hydroxyl groups is 1. The van der Waals surface area contributed by atoms with Crippen molar-refractivity contribution in [3.05, 3.63) is 29.8 Å². The van der Waals surface area contributed by atoms with Crippen LogP contribution in [0.25, 0.3) is 0 Å². The summed E-state index contributed by atoms with van der Waals surface area (Å²) in [5.74, 6) is -0.504. The number of carbonyl (C=O) groups is 1. The summed E-state index contributed by atoms with van der Waals surface area (Å²) in [5.41, 5.74) is 1.04. The highest BCUT2D eigenvalue weighted by Gasteiger charge is 2.52. The second-order valence-corrected chi connectivity index (χ2v) is 6.99. The first-order valence-corrected chi connectivity index (χ1v) is 8.41. The summed E-state index contributed by atoms with van der Waals surface area (Å²) in [6.07, 6.45) is -2.93. The SMILES string of the molecule is CC(=O)N[C@@H]1[C@@H](Oc2cccc(C)c2)O[C@H]2COC(C)(C)O[C@@H]2[C@H]1O. The smallest absolute Gasteiger partial charge is 0.223 e. The molecule has 2 aliphatic rings. The maximum Gasteiger partial charge on any atom is 0.223 e. The summed E-state index contributed by atoms with van der Waals surface area (Å²) < 4.78 is 23.3. The molecule has 0 saturated carbocycles. The van der Waals surface area contributed by atoms with Gasteiger partial charge < -0.3 is 29.4 Å². The first-order chi connectivity index (χ1) is 11.7. The molecule has 5 atom stereocenters. The normalized spacial score (nSPS) is 34.0. The van der Waals surface area contributed by atoms with Gasteiger partial charge in [0.25, 0.3) is 0 Å². The number of aliphatic hydroxyl groups excluding tert-OH is 1. The predicted molar refractivity (Wildman–Crippen MR) is 89.0 cm³/mol. The molecule has 0 spiro atoms. The van der Waals surface area contributed by atoms with E-state index in [1.165, 1.54) is 6.92 Å². The number of hydrogen-bond acceptors (Lipinski definition) is 6. The van der Waals surface area contributed by atoms with Crippen molar-refractivity contribution in [3.8, 4) is 5.75 Å². The number of benzene rings is 1. The van der Waals surface area contributed by atoms with E-state index in [1.807, 2.05) is 25.1 Å². The third-order valence-electron chi connectivity index (χ3n) is 4.30. The number of aryl methyl sites for hydroxylation is 1. The van der Waals surface area contributed by atoms with Gasteiger partial charge in [0, 0.05) is 6.92 Å². The zero-order valence-corrected chi connectivity index (χ0v) is 14.9. The highest BCUT2D eigenvalue weighted by atomic mass is 16.8. The van der Waals surface area contributed by atoms with Gasteiger partial charge in [-0.1, -0.05) is 12.1 Å². The number of nitrogens with one attached hydrogen (secondary N) is 1. The summed E-state index contributed by atoms with van der Waals surface area (Å²) in [6, 6.07) is 6.74. The molecule has 2 N–H and O–H groups in total. The van der Waals surface area contributed by atoms with E-state index in [0.717, 1.165) is 5.56 Å². The van der Waals surface area contributed by atoms with Crippen LogP contribution in [0, 0.1) is 6.92 Å². The van der Waals surface area contributed by atoms with Gasteiger partial charge in [-0.05, 0) is 38.5 Å². The molecule has 2 fully saturated rings. The van der Waals surface area contributed by atoms with Crippen molar-refractivity contribution < 1.29 is 28.8 Å². The molecule has 2 heterocycles. The number of rotatable bonds is 3. The van der Waals surface area contributed by atoms with Crippen LogP contribution in [0.5, 0.6) is 5.75 Å². The van der Waals surface area contributed by atoms with Crippen molar-refractivity contribution in [3.63, 3.8) is 0 Å². The summed E-state index contributed by atoms with van der Waals surface area (Å²) in [5, 5.41) is 13.5. The third-order valence-corrected chi connectivity index (χ3v) is 4.30. The number of fused-ring (bicyclic) bond motifs is 1. The summed E-state index contributed by atoms with van der Waals surface area (Å²) >= 11 is 0. The molecule has 2 aliphatic heterocycles. The fraction of sp³-hybridized carbons (Fsp3) is 0.611. The lowest BCUT2D eigenvalue weighted by molar-refractivity contribution is -0.361. The van der Waals surface area contributed by atoms with E-state index in [0.29, 0.717) is 5.75 Å². The van der Waals surface area contributed by atoms with Gasteiger partial charge in [-0.25, -0.2) is 0 Å². The first-order valence-electron chi connectivity index (χ1n) is 8.41. The van der Waals surface area contributed by atoms with Crippen LogP contribution >= 0.6 is 0 Å². The monoisotopic (exact) mass is 351 g/mol. The number of ether oxygens (including phenoxy) is 4. The number of carbonyl (C=O) groups excluding carboxylic acids is 1. The van der Waals surface area contributed by atoms with Crippen molar-refractivity contribution in [2.45, 2.75) is 64.1 Å². The van der Waals surface area contributed by atoms with Crippen LogP contribution < -0.4 is 10.1 Å². The Labute approximate surface area is 147 Å². The Kier molecular flexibility index (Phi) is 5.02. The standard InChI is InChI=1S/C18H25NO6/c1-10-6-5-7-12(8-10)23-17-14(19-11(2)20)15(21)16-13(24-17)9-22-18(3,4)25-16/h5-8,13-17,21H,9H2,1-4H3,(H,19,20)/t13-,14-,15-,16-,17-/m0/s1. The van der Waals surface area contributed by atoms with Crippen LogP contribution in [0.4, 0.5) is 0 Å². The maximum absolute atomic E-state index is 11.6. The van der Waals surface area contributed by atoms with E-state index < -0.39 is 36.4 Å². The lowest BCUT2D eigenvalue weighted by Crippen LogP contribution is -2.69. The average molecular weight is 351 g/mol. The van der Waals surface area contributed by atoms with Crippen molar-refractivity contribution in [1.82, 2.24) is 5.32 Å². The van der Waals surface area contributed by atoms with E-state index in [1.54, 1.807) is 19.9 Å². The van der Waals surface area contributed by atoms with E-state index in [2.05, 4.69) is 5.32 Å². The molecule has 7 heteroatoms. The minimum absolute atomic E-state index is 0.273. The highest BCUT2D eigenvalue weighted by Crippen LogP contribution is 2.33. The van der Waals surface area contributed by atoms with Crippen LogP contribution in [-0.2, 0) is 19.0 Å². The number of amides is 1.